The van der Waals surface area contributed by atoms with Crippen LogP contribution in [0.2, 0.25) is 0 Å². The second-order valence-electron chi connectivity index (χ2n) is 8.89. The van der Waals surface area contributed by atoms with E-state index in [9.17, 15) is 19.8 Å². The average Bonchev–Trinajstić information content (AvgIpc) is 2.07. The minimum absolute atomic E-state index is 0. The normalized spacial score (nSPS) is 13.9. The second kappa shape index (κ2) is 12.0. The number of carboxylic acids is 2. The predicted octanol–water partition coefficient (Wildman–Crippen LogP) is 2.39. The van der Waals surface area contributed by atoms with Crippen LogP contribution in [0.3, 0.4) is 0 Å². The van der Waals surface area contributed by atoms with Crippen molar-refractivity contribution in [1.82, 2.24) is 0 Å². The first kappa shape index (κ1) is 27.4. The third kappa shape index (κ3) is 26.8. The van der Waals surface area contributed by atoms with Crippen LogP contribution in [-0.4, -0.2) is 11.9 Å². The van der Waals surface area contributed by atoms with Crippen LogP contribution in [0.25, 0.3) is 0 Å². The van der Waals surface area contributed by atoms with E-state index in [2.05, 4.69) is 41.5 Å². The summed E-state index contributed by atoms with van der Waals surface area (Å²) in [6.07, 6.45) is 2.22. The maximum Gasteiger partial charge on any atom is 2.00 e. The Morgan fingerprint density at radius 3 is 1.09 bits per heavy atom. The van der Waals surface area contributed by atoms with Crippen LogP contribution in [0.4, 0.5) is 0 Å². The van der Waals surface area contributed by atoms with Crippen LogP contribution in [0.15, 0.2) is 0 Å². The summed E-state index contributed by atoms with van der Waals surface area (Å²) in [6.45, 7) is 16.6. The molecule has 0 radical (unpaired) electrons. The van der Waals surface area contributed by atoms with Crippen molar-refractivity contribution < 1.29 is 39.3 Å². The Kier molecular flexibility index (Phi) is 14.3. The fraction of sp³-hybridized carbons (Fsp3) is 0.889. The van der Waals surface area contributed by atoms with Gasteiger partial charge in [-0.1, -0.05) is 55.4 Å². The fourth-order valence-corrected chi connectivity index (χ4v) is 2.80. The van der Waals surface area contributed by atoms with E-state index in [4.69, 9.17) is 0 Å². The summed E-state index contributed by atoms with van der Waals surface area (Å²) in [4.78, 5) is 20.4. The van der Waals surface area contributed by atoms with Crippen molar-refractivity contribution in [2.24, 2.45) is 22.7 Å². The minimum atomic E-state index is -0.943. The third-order valence-corrected chi connectivity index (χ3v) is 2.95. The van der Waals surface area contributed by atoms with Gasteiger partial charge in [0.1, 0.15) is 0 Å². The standard InChI is InChI=1S/2C9H18O2.Zn/c2*1-7(5-8(10)11)6-9(2,3)4;/h2*7H,5-6H2,1-4H3,(H,10,11);/q;;+2/p-2. The Bertz CT molecular complexity index is 306. The van der Waals surface area contributed by atoms with Crippen LogP contribution < -0.4 is 10.2 Å². The van der Waals surface area contributed by atoms with Gasteiger partial charge in [0.2, 0.25) is 0 Å². The van der Waals surface area contributed by atoms with Gasteiger partial charge in [-0.15, -0.1) is 0 Å². The van der Waals surface area contributed by atoms with E-state index in [-0.39, 0.29) is 55.0 Å². The molecule has 0 amide bonds. The molecule has 0 aromatic carbocycles. The second-order valence-corrected chi connectivity index (χ2v) is 8.89. The quantitative estimate of drug-likeness (QED) is 0.663. The van der Waals surface area contributed by atoms with Crippen molar-refractivity contribution in [1.29, 1.82) is 0 Å². The first-order valence-electron chi connectivity index (χ1n) is 8.02. The SMILES string of the molecule is CC(CC(=O)[O-])CC(C)(C)C.CC(CC(=O)[O-])CC(C)(C)C.[Zn+2]. The molecule has 0 aliphatic carbocycles. The van der Waals surface area contributed by atoms with Crippen molar-refractivity contribution in [2.75, 3.05) is 0 Å². The molecule has 0 saturated carbocycles. The van der Waals surface area contributed by atoms with Crippen molar-refractivity contribution >= 4 is 11.9 Å². The van der Waals surface area contributed by atoms with Crippen molar-refractivity contribution in [3.8, 4) is 0 Å². The van der Waals surface area contributed by atoms with E-state index < -0.39 is 11.9 Å². The smallest absolute Gasteiger partial charge is 0.550 e. The Morgan fingerprint density at radius 1 is 0.739 bits per heavy atom. The molecule has 2 atom stereocenters. The monoisotopic (exact) mass is 378 g/mol. The van der Waals surface area contributed by atoms with Crippen LogP contribution in [-0.2, 0) is 29.1 Å². The molecule has 0 bridgehead atoms. The molecule has 23 heavy (non-hydrogen) atoms. The summed E-state index contributed by atoms with van der Waals surface area (Å²) in [5, 5.41) is 20.4. The van der Waals surface area contributed by atoms with Crippen LogP contribution in [0, 0.1) is 22.7 Å². The minimum Gasteiger partial charge on any atom is -0.550 e. The summed E-state index contributed by atoms with van der Waals surface area (Å²) in [6, 6.07) is 0. The molecule has 0 saturated heterocycles. The van der Waals surface area contributed by atoms with Crippen LogP contribution >= 0.6 is 0 Å². The van der Waals surface area contributed by atoms with Crippen molar-refractivity contribution in [3.05, 3.63) is 0 Å². The van der Waals surface area contributed by atoms with Crippen LogP contribution in [0.1, 0.15) is 81.1 Å². The van der Waals surface area contributed by atoms with Gasteiger partial charge in [-0.25, -0.2) is 0 Å². The Morgan fingerprint density at radius 2 is 0.957 bits per heavy atom. The number of hydrogen-bond acceptors (Lipinski definition) is 4. The molecule has 0 fully saturated rings. The first-order valence-corrected chi connectivity index (χ1v) is 8.02. The summed E-state index contributed by atoms with van der Waals surface area (Å²) in [5.41, 5.74) is 0.434. The van der Waals surface area contributed by atoms with Gasteiger partial charge < -0.3 is 19.8 Å². The van der Waals surface area contributed by atoms with Crippen molar-refractivity contribution in [2.45, 2.75) is 81.1 Å². The fourth-order valence-electron chi connectivity index (χ4n) is 2.80. The molecule has 2 unspecified atom stereocenters. The van der Waals surface area contributed by atoms with Gasteiger partial charge >= 0.3 is 19.5 Å². The number of carbonyl (C=O) groups is 2. The molecular formula is C18H34O4Zn. The summed E-state index contributed by atoms with van der Waals surface area (Å²) in [7, 11) is 0. The molecule has 132 valence electrons. The topological polar surface area (TPSA) is 80.3 Å². The van der Waals surface area contributed by atoms with Crippen LogP contribution in [0.5, 0.6) is 0 Å². The Labute approximate surface area is 155 Å². The molecule has 0 N–H and O–H groups in total. The summed E-state index contributed by atoms with van der Waals surface area (Å²) in [5.74, 6) is -1.44. The summed E-state index contributed by atoms with van der Waals surface area (Å²) < 4.78 is 0. The first-order chi connectivity index (χ1) is 9.62. The number of carboxylic acid groups (broad SMARTS) is 2. The summed E-state index contributed by atoms with van der Waals surface area (Å²) >= 11 is 0. The van der Waals surface area contributed by atoms with E-state index >= 15 is 0 Å². The average molecular weight is 380 g/mol. The van der Waals surface area contributed by atoms with Crippen molar-refractivity contribution in [3.63, 3.8) is 0 Å². The van der Waals surface area contributed by atoms with E-state index in [1.54, 1.807) is 0 Å². The molecule has 5 heteroatoms. The van der Waals surface area contributed by atoms with E-state index in [1.165, 1.54) is 0 Å². The zero-order valence-electron chi connectivity index (χ0n) is 16.3. The molecule has 0 aliphatic heterocycles. The molecule has 0 aromatic rings. The van der Waals surface area contributed by atoms with E-state index in [0.29, 0.717) is 0 Å². The largest absolute Gasteiger partial charge is 2.00 e. The van der Waals surface area contributed by atoms with Gasteiger partial charge in [0.05, 0.1) is 0 Å². The van der Waals surface area contributed by atoms with Gasteiger partial charge in [-0.3, -0.25) is 0 Å². The zero-order valence-corrected chi connectivity index (χ0v) is 19.3. The maximum atomic E-state index is 10.2. The number of aliphatic carboxylic acids is 2. The van der Waals surface area contributed by atoms with Gasteiger partial charge in [0, 0.05) is 11.9 Å². The van der Waals surface area contributed by atoms with Gasteiger partial charge in [-0.2, -0.15) is 0 Å². The molecule has 4 nitrogen and oxygen atoms in total. The number of rotatable bonds is 6. The third-order valence-electron chi connectivity index (χ3n) is 2.95. The number of hydrogen-bond donors (Lipinski definition) is 0. The maximum absolute atomic E-state index is 10.2. The Hall–Kier alpha value is -0.437. The van der Waals surface area contributed by atoms with E-state index in [0.717, 1.165) is 12.8 Å². The van der Waals surface area contributed by atoms with Gasteiger partial charge in [0.15, 0.2) is 0 Å². The number of carbonyl (C=O) groups excluding carboxylic acids is 2. The zero-order chi connectivity index (χ0) is 18.1. The van der Waals surface area contributed by atoms with E-state index in [1.807, 2.05) is 13.8 Å². The molecule has 0 aromatic heterocycles. The molecule has 0 spiro atoms. The molecule has 0 rings (SSSR count). The Balaban J connectivity index is -0.000000333. The molecule has 0 aliphatic rings. The van der Waals surface area contributed by atoms with Gasteiger partial charge in [0.25, 0.3) is 0 Å². The molecular weight excluding hydrogens is 346 g/mol. The predicted molar refractivity (Wildman–Crippen MR) is 85.7 cm³/mol. The van der Waals surface area contributed by atoms with Gasteiger partial charge in [-0.05, 0) is 48.3 Å². The molecule has 0 heterocycles.